The van der Waals surface area contributed by atoms with E-state index in [1.165, 1.54) is 16.9 Å². The molecule has 0 saturated heterocycles. The monoisotopic (exact) mass is 332 g/mol. The van der Waals surface area contributed by atoms with Gasteiger partial charge in [0.05, 0.1) is 15.9 Å². The smallest absolute Gasteiger partial charge is 0.271 e. The number of thiazole rings is 1. The molecule has 114 valence electrons. The number of hydrogen-bond acceptors (Lipinski definition) is 6. The minimum absolute atomic E-state index is 0.174. The summed E-state index contributed by atoms with van der Waals surface area (Å²) in [6.45, 7) is 6.15. The molecule has 1 N–H and O–H groups in total. The van der Waals surface area contributed by atoms with E-state index in [4.69, 9.17) is 0 Å². The van der Waals surface area contributed by atoms with Crippen molar-refractivity contribution in [2.45, 2.75) is 33.6 Å². The number of amides is 1. The summed E-state index contributed by atoms with van der Waals surface area (Å²) in [5, 5.41) is 7.52. The van der Waals surface area contributed by atoms with Gasteiger partial charge in [-0.1, -0.05) is 35.2 Å². The van der Waals surface area contributed by atoms with Gasteiger partial charge in [0.15, 0.2) is 5.13 Å². The van der Waals surface area contributed by atoms with Crippen LogP contribution in [0.4, 0.5) is 5.13 Å². The van der Waals surface area contributed by atoms with Crippen LogP contribution in [-0.2, 0) is 6.42 Å². The highest BCUT2D eigenvalue weighted by molar-refractivity contribution is 7.22. The van der Waals surface area contributed by atoms with Crippen LogP contribution in [0.15, 0.2) is 12.1 Å². The molecule has 0 radical (unpaired) electrons. The summed E-state index contributed by atoms with van der Waals surface area (Å²) in [5.74, 6) is -0.174. The van der Waals surface area contributed by atoms with Crippen LogP contribution in [0.1, 0.15) is 39.8 Å². The van der Waals surface area contributed by atoms with Crippen molar-refractivity contribution in [3.05, 3.63) is 33.8 Å². The molecule has 0 atom stereocenters. The number of fused-ring (bicyclic) bond motifs is 1. The number of benzene rings is 1. The molecule has 0 aliphatic heterocycles. The number of anilines is 1. The van der Waals surface area contributed by atoms with E-state index >= 15 is 0 Å². The van der Waals surface area contributed by atoms with E-state index < -0.39 is 0 Å². The van der Waals surface area contributed by atoms with Crippen molar-refractivity contribution in [3.63, 3.8) is 0 Å². The van der Waals surface area contributed by atoms with Crippen molar-refractivity contribution in [1.29, 1.82) is 0 Å². The molecular weight excluding hydrogens is 316 g/mol. The largest absolute Gasteiger partial charge is 0.297 e. The average molecular weight is 332 g/mol. The normalized spacial score (nSPS) is 11.0. The lowest BCUT2D eigenvalue weighted by Crippen LogP contribution is -2.12. The zero-order valence-corrected chi connectivity index (χ0v) is 14.3. The molecule has 7 heteroatoms. The minimum atomic E-state index is -0.174. The van der Waals surface area contributed by atoms with E-state index in [0.717, 1.165) is 45.8 Å². The van der Waals surface area contributed by atoms with Crippen LogP contribution >= 0.6 is 22.9 Å². The number of aryl methyl sites for hydroxylation is 3. The van der Waals surface area contributed by atoms with Gasteiger partial charge in [-0.05, 0) is 49.0 Å². The number of carbonyl (C=O) groups is 1. The van der Waals surface area contributed by atoms with Crippen molar-refractivity contribution in [2.24, 2.45) is 0 Å². The molecule has 0 unspecified atom stereocenters. The summed E-state index contributed by atoms with van der Waals surface area (Å²) in [6, 6.07) is 4.19. The lowest BCUT2D eigenvalue weighted by molar-refractivity contribution is 0.102. The van der Waals surface area contributed by atoms with Gasteiger partial charge in [0, 0.05) is 0 Å². The molecule has 1 amide bonds. The van der Waals surface area contributed by atoms with Crippen molar-refractivity contribution in [2.75, 3.05) is 5.32 Å². The molecule has 0 bridgehead atoms. The quantitative estimate of drug-likeness (QED) is 0.785. The minimum Gasteiger partial charge on any atom is -0.297 e. The van der Waals surface area contributed by atoms with Crippen LogP contribution in [0.5, 0.6) is 0 Å². The SMILES string of the molecule is CCCc1nnsc1C(=O)Nc1nc2c(C)cc(C)cc2s1. The highest BCUT2D eigenvalue weighted by atomic mass is 32.1. The number of nitrogens with one attached hydrogen (secondary N) is 1. The number of nitrogens with zero attached hydrogens (tertiary/aromatic N) is 3. The molecule has 0 aliphatic carbocycles. The first kappa shape index (κ1) is 15.1. The number of aromatic nitrogens is 3. The summed E-state index contributed by atoms with van der Waals surface area (Å²) < 4.78 is 4.97. The Morgan fingerprint density at radius 3 is 2.91 bits per heavy atom. The van der Waals surface area contributed by atoms with E-state index in [1.54, 1.807) is 0 Å². The Kier molecular flexibility index (Phi) is 4.17. The van der Waals surface area contributed by atoms with Crippen LogP contribution in [0.25, 0.3) is 10.2 Å². The molecular formula is C15H16N4OS2. The predicted octanol–water partition coefficient (Wildman–Crippen LogP) is 3.97. The van der Waals surface area contributed by atoms with Gasteiger partial charge in [-0.2, -0.15) is 0 Å². The average Bonchev–Trinajstić information content (AvgIpc) is 3.05. The van der Waals surface area contributed by atoms with Crippen LogP contribution < -0.4 is 5.32 Å². The molecule has 2 aromatic heterocycles. The van der Waals surface area contributed by atoms with Crippen LogP contribution in [-0.4, -0.2) is 20.5 Å². The molecule has 3 aromatic rings. The third-order valence-electron chi connectivity index (χ3n) is 3.30. The first-order chi connectivity index (χ1) is 10.6. The first-order valence-corrected chi connectivity index (χ1v) is 8.68. The van der Waals surface area contributed by atoms with Crippen molar-refractivity contribution < 1.29 is 4.79 Å². The van der Waals surface area contributed by atoms with E-state index in [-0.39, 0.29) is 5.91 Å². The fourth-order valence-electron chi connectivity index (χ4n) is 2.36. The van der Waals surface area contributed by atoms with Crippen molar-refractivity contribution >= 4 is 44.1 Å². The number of hydrogen-bond donors (Lipinski definition) is 1. The van der Waals surface area contributed by atoms with Gasteiger partial charge in [0.2, 0.25) is 0 Å². The topological polar surface area (TPSA) is 67.8 Å². The summed E-state index contributed by atoms with van der Waals surface area (Å²) in [4.78, 5) is 17.5. The summed E-state index contributed by atoms with van der Waals surface area (Å²) in [5.41, 5.74) is 4.03. The zero-order valence-electron chi connectivity index (χ0n) is 12.6. The lowest BCUT2D eigenvalue weighted by atomic mass is 10.1. The van der Waals surface area contributed by atoms with E-state index in [9.17, 15) is 4.79 Å². The first-order valence-electron chi connectivity index (χ1n) is 7.09. The Balaban J connectivity index is 1.88. The summed E-state index contributed by atoms with van der Waals surface area (Å²) >= 11 is 2.62. The highest BCUT2D eigenvalue weighted by Gasteiger charge is 2.17. The highest BCUT2D eigenvalue weighted by Crippen LogP contribution is 2.29. The van der Waals surface area contributed by atoms with Gasteiger partial charge in [-0.3, -0.25) is 10.1 Å². The van der Waals surface area contributed by atoms with Gasteiger partial charge in [0.25, 0.3) is 5.91 Å². The Morgan fingerprint density at radius 1 is 1.32 bits per heavy atom. The van der Waals surface area contributed by atoms with E-state index in [2.05, 4.69) is 45.9 Å². The maximum absolute atomic E-state index is 12.4. The maximum Gasteiger partial charge on any atom is 0.271 e. The van der Waals surface area contributed by atoms with Gasteiger partial charge < -0.3 is 0 Å². The lowest BCUT2D eigenvalue weighted by Gasteiger charge is -1.99. The molecule has 5 nitrogen and oxygen atoms in total. The Hall–Kier alpha value is -1.86. The Labute approximate surface area is 136 Å². The second-order valence-corrected chi connectivity index (χ2v) is 6.99. The molecule has 0 aliphatic rings. The fourth-order valence-corrected chi connectivity index (χ4v) is 4.00. The molecule has 22 heavy (non-hydrogen) atoms. The van der Waals surface area contributed by atoms with E-state index in [0.29, 0.717) is 10.0 Å². The second kappa shape index (κ2) is 6.10. The van der Waals surface area contributed by atoms with Crippen LogP contribution in [0.3, 0.4) is 0 Å². The second-order valence-electron chi connectivity index (χ2n) is 5.20. The van der Waals surface area contributed by atoms with E-state index in [1.807, 2.05) is 6.92 Å². The van der Waals surface area contributed by atoms with Gasteiger partial charge in [-0.25, -0.2) is 4.98 Å². The number of carbonyl (C=O) groups excluding carboxylic acids is 1. The molecule has 0 spiro atoms. The Morgan fingerprint density at radius 2 is 2.14 bits per heavy atom. The van der Waals surface area contributed by atoms with Gasteiger partial charge in [0.1, 0.15) is 4.88 Å². The fraction of sp³-hybridized carbons (Fsp3) is 0.333. The third kappa shape index (κ3) is 2.86. The van der Waals surface area contributed by atoms with Crippen molar-refractivity contribution in [3.8, 4) is 0 Å². The van der Waals surface area contributed by atoms with Gasteiger partial charge in [-0.15, -0.1) is 5.10 Å². The van der Waals surface area contributed by atoms with Crippen molar-refractivity contribution in [1.82, 2.24) is 14.6 Å². The van der Waals surface area contributed by atoms with Crippen LogP contribution in [0.2, 0.25) is 0 Å². The van der Waals surface area contributed by atoms with Crippen LogP contribution in [0, 0.1) is 13.8 Å². The zero-order chi connectivity index (χ0) is 15.7. The standard InChI is InChI=1S/C15H16N4OS2/c1-4-5-10-13(22-19-18-10)14(20)17-15-16-12-9(3)6-8(2)7-11(12)21-15/h6-7H,4-5H2,1-3H3,(H,16,17,20). The molecule has 0 saturated carbocycles. The molecule has 3 rings (SSSR count). The predicted molar refractivity (Wildman–Crippen MR) is 91.0 cm³/mol. The molecule has 0 fully saturated rings. The molecule has 1 aromatic carbocycles. The Bertz CT molecular complexity index is 837. The number of rotatable bonds is 4. The summed E-state index contributed by atoms with van der Waals surface area (Å²) in [7, 11) is 0. The molecule has 2 heterocycles. The maximum atomic E-state index is 12.4. The third-order valence-corrected chi connectivity index (χ3v) is 4.98. The summed E-state index contributed by atoms with van der Waals surface area (Å²) in [6.07, 6.45) is 1.70. The van der Waals surface area contributed by atoms with Gasteiger partial charge >= 0.3 is 0 Å².